The van der Waals surface area contributed by atoms with Crippen molar-refractivity contribution in [2.75, 3.05) is 6.61 Å². The van der Waals surface area contributed by atoms with Gasteiger partial charge in [-0.05, 0) is 74.3 Å². The molecule has 2 aliphatic carbocycles. The van der Waals surface area contributed by atoms with Gasteiger partial charge >= 0.3 is 6.61 Å². The van der Waals surface area contributed by atoms with Crippen molar-refractivity contribution in [3.63, 3.8) is 0 Å². The predicted octanol–water partition coefficient (Wildman–Crippen LogP) is 8.26. The summed E-state index contributed by atoms with van der Waals surface area (Å²) in [6.07, 6.45) is 14.0. The fraction of sp³-hybridized carbons (Fsp3) is 0.750. The summed E-state index contributed by atoms with van der Waals surface area (Å²) in [7, 11) is 0. The number of halogens is 4. The Bertz CT molecular complexity index is 654. The molecule has 1 aromatic rings. The van der Waals surface area contributed by atoms with Crippen LogP contribution in [-0.2, 0) is 0 Å². The summed E-state index contributed by atoms with van der Waals surface area (Å²) in [5.74, 6) is 1.41. The molecule has 0 radical (unpaired) electrons. The minimum atomic E-state index is -3.04. The molecule has 1 aromatic carbocycles. The Morgan fingerprint density at radius 3 is 2.13 bits per heavy atom. The van der Waals surface area contributed by atoms with Gasteiger partial charge in [-0.1, -0.05) is 50.6 Å². The van der Waals surface area contributed by atoms with E-state index in [0.29, 0.717) is 12.5 Å². The van der Waals surface area contributed by atoms with Crippen LogP contribution < -0.4 is 9.47 Å². The summed E-state index contributed by atoms with van der Waals surface area (Å²) in [5, 5.41) is -0.162. The lowest BCUT2D eigenvalue weighted by Gasteiger charge is -2.38. The van der Waals surface area contributed by atoms with E-state index >= 15 is 0 Å². The highest BCUT2D eigenvalue weighted by atomic mass is 35.5. The largest absolute Gasteiger partial charge is 0.487 e. The molecule has 6 heteroatoms. The van der Waals surface area contributed by atoms with E-state index in [1.807, 2.05) is 0 Å². The number of rotatable bonds is 9. The highest BCUT2D eigenvalue weighted by molar-refractivity contribution is 6.30. The van der Waals surface area contributed by atoms with Gasteiger partial charge in [0.15, 0.2) is 17.3 Å². The first-order valence-corrected chi connectivity index (χ1v) is 11.9. The second-order valence-electron chi connectivity index (χ2n) is 9.08. The molecule has 0 heterocycles. The van der Waals surface area contributed by atoms with Crippen molar-refractivity contribution < 1.29 is 22.6 Å². The third-order valence-corrected chi connectivity index (χ3v) is 7.40. The second-order valence-corrected chi connectivity index (χ2v) is 9.49. The lowest BCUT2D eigenvalue weighted by Crippen LogP contribution is -2.27. The van der Waals surface area contributed by atoms with E-state index in [1.54, 1.807) is 0 Å². The fourth-order valence-electron chi connectivity index (χ4n) is 5.31. The number of alkyl halides is 2. The van der Waals surface area contributed by atoms with Gasteiger partial charge in [-0.15, -0.1) is 0 Å². The predicted molar refractivity (Wildman–Crippen MR) is 114 cm³/mol. The van der Waals surface area contributed by atoms with Crippen LogP contribution in [0.3, 0.4) is 0 Å². The van der Waals surface area contributed by atoms with Crippen LogP contribution in [0.15, 0.2) is 12.1 Å². The number of benzene rings is 1. The van der Waals surface area contributed by atoms with Crippen LogP contribution in [0.1, 0.15) is 77.6 Å². The summed E-state index contributed by atoms with van der Waals surface area (Å²) >= 11 is 5.79. The van der Waals surface area contributed by atoms with Crippen molar-refractivity contribution >= 4 is 11.6 Å². The topological polar surface area (TPSA) is 18.5 Å². The van der Waals surface area contributed by atoms with Crippen LogP contribution in [0.25, 0.3) is 0 Å². The maximum absolute atomic E-state index is 14.3. The van der Waals surface area contributed by atoms with Crippen molar-refractivity contribution in [1.29, 1.82) is 0 Å². The Morgan fingerprint density at radius 1 is 0.967 bits per heavy atom. The average Bonchev–Trinajstić information content (AvgIpc) is 2.75. The maximum Gasteiger partial charge on any atom is 0.387 e. The van der Waals surface area contributed by atoms with Crippen molar-refractivity contribution in [2.45, 2.75) is 84.2 Å². The molecule has 2 fully saturated rings. The lowest BCUT2D eigenvalue weighted by molar-refractivity contribution is -0.0520. The summed E-state index contributed by atoms with van der Waals surface area (Å²) in [6.45, 7) is -0.477. The van der Waals surface area contributed by atoms with Crippen LogP contribution in [0.5, 0.6) is 11.5 Å². The minimum Gasteiger partial charge on any atom is -0.487 e. The van der Waals surface area contributed by atoms with E-state index < -0.39 is 12.4 Å². The first-order valence-electron chi connectivity index (χ1n) is 11.5. The summed E-state index contributed by atoms with van der Waals surface area (Å²) in [4.78, 5) is 0. The van der Waals surface area contributed by atoms with Gasteiger partial charge in [-0.3, -0.25) is 0 Å². The van der Waals surface area contributed by atoms with Crippen molar-refractivity contribution in [2.24, 2.45) is 23.7 Å². The molecular weight excluding hydrogens is 413 g/mol. The van der Waals surface area contributed by atoms with Gasteiger partial charge < -0.3 is 9.47 Å². The molecule has 2 saturated carbocycles. The fourth-order valence-corrected chi connectivity index (χ4v) is 5.46. The summed E-state index contributed by atoms with van der Waals surface area (Å²) in [5.41, 5.74) is 0. The van der Waals surface area contributed by atoms with Crippen LogP contribution in [0.2, 0.25) is 5.02 Å². The van der Waals surface area contributed by atoms with Gasteiger partial charge in [0.25, 0.3) is 0 Å². The molecular formula is C24H34ClF3O2. The normalized spacial score (nSPS) is 27.3. The molecule has 0 amide bonds. The van der Waals surface area contributed by atoms with Crippen LogP contribution in [-0.4, -0.2) is 13.2 Å². The number of unbranched alkanes of at least 4 members (excludes halogenated alkanes) is 1. The van der Waals surface area contributed by atoms with E-state index in [9.17, 15) is 13.2 Å². The van der Waals surface area contributed by atoms with Crippen molar-refractivity contribution in [3.05, 3.63) is 23.0 Å². The zero-order valence-electron chi connectivity index (χ0n) is 17.9. The molecule has 2 aliphatic rings. The SMILES string of the molecule is CCCCC1CCC(C2CCC(COc3c(OC(F)F)ccc(Cl)c3F)CC2)CC1. The van der Waals surface area contributed by atoms with Gasteiger partial charge in [0, 0.05) is 0 Å². The molecule has 0 unspecified atom stereocenters. The third-order valence-electron chi connectivity index (χ3n) is 7.11. The average molecular weight is 447 g/mol. The van der Waals surface area contributed by atoms with Crippen molar-refractivity contribution in [1.82, 2.24) is 0 Å². The highest BCUT2D eigenvalue weighted by Gasteiger charge is 2.31. The third kappa shape index (κ3) is 6.45. The first-order chi connectivity index (χ1) is 14.5. The first kappa shape index (κ1) is 23.6. The molecule has 0 aromatic heterocycles. The van der Waals surface area contributed by atoms with E-state index in [2.05, 4.69) is 11.7 Å². The van der Waals surface area contributed by atoms with Crippen LogP contribution >= 0.6 is 11.6 Å². The van der Waals surface area contributed by atoms with Crippen LogP contribution in [0.4, 0.5) is 13.2 Å². The Morgan fingerprint density at radius 2 is 1.57 bits per heavy atom. The van der Waals surface area contributed by atoms with Gasteiger partial charge in [0.2, 0.25) is 0 Å². The molecule has 0 N–H and O–H groups in total. The molecule has 170 valence electrons. The van der Waals surface area contributed by atoms with Gasteiger partial charge in [-0.2, -0.15) is 8.78 Å². The Hall–Kier alpha value is -1.10. The number of hydrogen-bond donors (Lipinski definition) is 0. The zero-order valence-corrected chi connectivity index (χ0v) is 18.6. The standard InChI is InChI=1S/C24H34ClF3O2/c1-2-3-4-16-5-9-18(10-6-16)19-11-7-17(8-12-19)15-29-23-21(30-24(27)28)14-13-20(25)22(23)26/h13-14,16-19,24H,2-12,15H2,1H3. The molecule has 0 spiro atoms. The monoisotopic (exact) mass is 446 g/mol. The Kier molecular flexibility index (Phi) is 9.03. The molecule has 2 nitrogen and oxygen atoms in total. The highest BCUT2D eigenvalue weighted by Crippen LogP contribution is 2.43. The lowest BCUT2D eigenvalue weighted by atomic mass is 9.69. The van der Waals surface area contributed by atoms with Crippen molar-refractivity contribution in [3.8, 4) is 11.5 Å². The quantitative estimate of drug-likeness (QED) is 0.380. The number of ether oxygens (including phenoxy) is 2. The molecule has 0 atom stereocenters. The number of hydrogen-bond acceptors (Lipinski definition) is 2. The maximum atomic E-state index is 14.3. The molecule has 0 saturated heterocycles. The summed E-state index contributed by atoms with van der Waals surface area (Å²) in [6, 6.07) is 2.42. The van der Waals surface area contributed by atoms with Gasteiger partial charge in [-0.25, -0.2) is 4.39 Å². The molecule has 30 heavy (non-hydrogen) atoms. The van der Waals surface area contributed by atoms with E-state index in [4.69, 9.17) is 16.3 Å². The molecule has 0 aliphatic heterocycles. The second kappa shape index (κ2) is 11.5. The summed E-state index contributed by atoms with van der Waals surface area (Å²) < 4.78 is 49.5. The smallest absolute Gasteiger partial charge is 0.387 e. The Balaban J connectivity index is 1.45. The van der Waals surface area contributed by atoms with Gasteiger partial charge in [0.1, 0.15) is 0 Å². The van der Waals surface area contributed by atoms with E-state index in [0.717, 1.165) is 30.6 Å². The van der Waals surface area contributed by atoms with E-state index in [1.165, 1.54) is 69.9 Å². The Labute approximate surface area is 183 Å². The molecule has 0 bridgehead atoms. The van der Waals surface area contributed by atoms with E-state index in [-0.39, 0.29) is 16.5 Å². The van der Waals surface area contributed by atoms with Gasteiger partial charge in [0.05, 0.1) is 11.6 Å². The van der Waals surface area contributed by atoms with Crippen LogP contribution in [0, 0.1) is 29.5 Å². The minimum absolute atomic E-state index is 0.162. The molecule has 3 rings (SSSR count). The zero-order chi connectivity index (χ0) is 21.5.